The van der Waals surface area contributed by atoms with Gasteiger partial charge >= 0.3 is 12.1 Å². The predicted molar refractivity (Wildman–Crippen MR) is 83.4 cm³/mol. The molecule has 7 heteroatoms. The van der Waals surface area contributed by atoms with Gasteiger partial charge in [0.2, 0.25) is 5.91 Å². The van der Waals surface area contributed by atoms with E-state index in [1.165, 1.54) is 12.1 Å². The molecule has 2 unspecified atom stereocenters. The Kier molecular flexibility index (Phi) is 7.25. The van der Waals surface area contributed by atoms with Crippen molar-refractivity contribution >= 4 is 11.9 Å². The van der Waals surface area contributed by atoms with Crippen LogP contribution in [0.5, 0.6) is 0 Å². The van der Waals surface area contributed by atoms with Gasteiger partial charge in [-0.1, -0.05) is 19.1 Å². The fourth-order valence-corrected chi connectivity index (χ4v) is 2.31. The molecule has 1 aromatic rings. The monoisotopic (exact) mass is 345 g/mol. The number of carboxylic acid groups (broad SMARTS) is 1. The van der Waals surface area contributed by atoms with Gasteiger partial charge in [-0.15, -0.1) is 0 Å². The molecule has 0 aromatic heterocycles. The molecule has 0 saturated heterocycles. The number of hydrogen-bond donors (Lipinski definition) is 2. The van der Waals surface area contributed by atoms with E-state index in [0.29, 0.717) is 24.8 Å². The minimum Gasteiger partial charge on any atom is -0.481 e. The molecule has 1 aromatic carbocycles. The summed E-state index contributed by atoms with van der Waals surface area (Å²) in [6, 6.07) is 4.51. The van der Waals surface area contributed by atoms with Crippen molar-refractivity contribution < 1.29 is 27.9 Å². The lowest BCUT2D eigenvalue weighted by atomic mass is 9.95. The highest BCUT2D eigenvalue weighted by Gasteiger charge is 2.30. The minimum atomic E-state index is -4.38. The molecule has 0 bridgehead atoms. The number of nitrogens with one attached hydrogen (secondary N) is 1. The van der Waals surface area contributed by atoms with Crippen LogP contribution >= 0.6 is 0 Å². The van der Waals surface area contributed by atoms with Gasteiger partial charge in [-0.25, -0.2) is 0 Å². The first kappa shape index (κ1) is 20.0. The van der Waals surface area contributed by atoms with Crippen molar-refractivity contribution in [1.29, 1.82) is 0 Å². The Hall–Kier alpha value is -2.05. The van der Waals surface area contributed by atoms with Gasteiger partial charge < -0.3 is 10.4 Å². The second kappa shape index (κ2) is 8.70. The SMILES string of the molecule is CCC(Cc1ccc(C(F)(F)F)cc1)C(=O)NC(C)CCC(=O)O. The molecule has 0 fully saturated rings. The highest BCUT2D eigenvalue weighted by molar-refractivity contribution is 5.79. The summed E-state index contributed by atoms with van der Waals surface area (Å²) < 4.78 is 37.6. The molecule has 0 aliphatic carbocycles. The fourth-order valence-electron chi connectivity index (χ4n) is 2.31. The molecule has 0 aliphatic rings. The van der Waals surface area contributed by atoms with E-state index in [0.717, 1.165) is 12.1 Å². The maximum absolute atomic E-state index is 12.5. The van der Waals surface area contributed by atoms with Crippen molar-refractivity contribution in [3.8, 4) is 0 Å². The Bertz CT molecular complexity index is 555. The van der Waals surface area contributed by atoms with E-state index in [1.807, 2.05) is 6.92 Å². The number of rotatable bonds is 8. The number of carbonyl (C=O) groups is 2. The average Bonchev–Trinajstić information content (AvgIpc) is 2.50. The minimum absolute atomic E-state index is 0.0306. The van der Waals surface area contributed by atoms with Crippen molar-refractivity contribution in [1.82, 2.24) is 5.32 Å². The number of benzene rings is 1. The van der Waals surface area contributed by atoms with Crippen molar-refractivity contribution in [3.05, 3.63) is 35.4 Å². The number of carboxylic acids is 1. The lowest BCUT2D eigenvalue weighted by Crippen LogP contribution is -2.38. The lowest BCUT2D eigenvalue weighted by molar-refractivity contribution is -0.138. The van der Waals surface area contributed by atoms with Crippen LogP contribution < -0.4 is 5.32 Å². The van der Waals surface area contributed by atoms with Crippen LogP contribution in [0.1, 0.15) is 44.2 Å². The molecule has 0 heterocycles. The van der Waals surface area contributed by atoms with Gasteiger partial charge in [0.1, 0.15) is 0 Å². The van der Waals surface area contributed by atoms with Crippen LogP contribution in [0.4, 0.5) is 13.2 Å². The molecule has 24 heavy (non-hydrogen) atoms. The third-order valence-corrected chi connectivity index (χ3v) is 3.81. The van der Waals surface area contributed by atoms with E-state index < -0.39 is 17.7 Å². The predicted octanol–water partition coefficient (Wildman–Crippen LogP) is 3.64. The maximum atomic E-state index is 12.5. The van der Waals surface area contributed by atoms with Crippen LogP contribution in [0, 0.1) is 5.92 Å². The fraction of sp³-hybridized carbons (Fsp3) is 0.529. The van der Waals surface area contributed by atoms with E-state index >= 15 is 0 Å². The molecule has 0 saturated carbocycles. The Morgan fingerprint density at radius 1 is 1.21 bits per heavy atom. The number of alkyl halides is 3. The quantitative estimate of drug-likeness (QED) is 0.756. The summed E-state index contributed by atoms with van der Waals surface area (Å²) in [5.41, 5.74) is -0.0609. The van der Waals surface area contributed by atoms with Gasteiger partial charge in [0.05, 0.1) is 5.56 Å². The van der Waals surface area contributed by atoms with Crippen LogP contribution in [0.3, 0.4) is 0 Å². The Labute approximate surface area is 139 Å². The summed E-state index contributed by atoms with van der Waals surface area (Å²) in [4.78, 5) is 22.7. The molecule has 0 radical (unpaired) electrons. The number of aliphatic carboxylic acids is 1. The van der Waals surface area contributed by atoms with Gasteiger partial charge in [-0.3, -0.25) is 9.59 Å². The van der Waals surface area contributed by atoms with Crippen molar-refractivity contribution in [2.45, 2.75) is 51.7 Å². The van der Waals surface area contributed by atoms with Crippen molar-refractivity contribution in [3.63, 3.8) is 0 Å². The summed E-state index contributed by atoms with van der Waals surface area (Å²) in [7, 11) is 0. The highest BCUT2D eigenvalue weighted by atomic mass is 19.4. The summed E-state index contributed by atoms with van der Waals surface area (Å²) >= 11 is 0. The van der Waals surface area contributed by atoms with Crippen LogP contribution in [0.25, 0.3) is 0 Å². The van der Waals surface area contributed by atoms with Crippen LogP contribution in [-0.2, 0) is 22.2 Å². The maximum Gasteiger partial charge on any atom is 0.416 e. The zero-order valence-electron chi connectivity index (χ0n) is 13.7. The van der Waals surface area contributed by atoms with Gasteiger partial charge in [-0.05, 0) is 43.9 Å². The second-order valence-electron chi connectivity index (χ2n) is 5.85. The van der Waals surface area contributed by atoms with Crippen LogP contribution in [0.15, 0.2) is 24.3 Å². The summed E-state index contributed by atoms with van der Waals surface area (Å²) in [5, 5.41) is 11.4. The zero-order valence-corrected chi connectivity index (χ0v) is 13.7. The second-order valence-corrected chi connectivity index (χ2v) is 5.85. The average molecular weight is 345 g/mol. The van der Waals surface area contributed by atoms with Gasteiger partial charge in [0, 0.05) is 18.4 Å². The highest BCUT2D eigenvalue weighted by Crippen LogP contribution is 2.29. The van der Waals surface area contributed by atoms with E-state index in [-0.39, 0.29) is 24.3 Å². The topological polar surface area (TPSA) is 66.4 Å². The van der Waals surface area contributed by atoms with Gasteiger partial charge in [0.15, 0.2) is 0 Å². The van der Waals surface area contributed by atoms with E-state index in [1.54, 1.807) is 6.92 Å². The molecule has 2 N–H and O–H groups in total. The number of amides is 1. The van der Waals surface area contributed by atoms with Gasteiger partial charge in [0.25, 0.3) is 0 Å². The third-order valence-electron chi connectivity index (χ3n) is 3.81. The zero-order chi connectivity index (χ0) is 18.3. The van der Waals surface area contributed by atoms with Crippen LogP contribution in [-0.4, -0.2) is 23.0 Å². The van der Waals surface area contributed by atoms with Crippen molar-refractivity contribution in [2.75, 3.05) is 0 Å². The summed E-state index contributed by atoms with van der Waals surface area (Å²) in [5.74, 6) is -1.50. The van der Waals surface area contributed by atoms with E-state index in [2.05, 4.69) is 5.32 Å². The van der Waals surface area contributed by atoms with Crippen LogP contribution in [0.2, 0.25) is 0 Å². The molecular formula is C17H22F3NO3. The first-order valence-electron chi connectivity index (χ1n) is 7.81. The first-order valence-corrected chi connectivity index (χ1v) is 7.81. The van der Waals surface area contributed by atoms with E-state index in [4.69, 9.17) is 5.11 Å². The Morgan fingerprint density at radius 2 is 1.79 bits per heavy atom. The number of hydrogen-bond acceptors (Lipinski definition) is 2. The first-order chi connectivity index (χ1) is 11.1. The molecule has 4 nitrogen and oxygen atoms in total. The summed E-state index contributed by atoms with van der Waals surface area (Å²) in [6.07, 6.45) is -3.20. The molecule has 1 amide bonds. The molecule has 0 aliphatic heterocycles. The largest absolute Gasteiger partial charge is 0.481 e. The Balaban J connectivity index is 2.63. The van der Waals surface area contributed by atoms with Crippen molar-refractivity contribution in [2.24, 2.45) is 5.92 Å². The molecule has 1 rings (SSSR count). The lowest BCUT2D eigenvalue weighted by Gasteiger charge is -2.19. The standard InChI is InChI=1S/C17H22F3NO3/c1-3-13(16(24)21-11(2)4-9-15(22)23)10-12-5-7-14(8-6-12)17(18,19)20/h5-8,11,13H,3-4,9-10H2,1-2H3,(H,21,24)(H,22,23). The molecule has 0 spiro atoms. The summed E-state index contributed by atoms with van der Waals surface area (Å²) in [6.45, 7) is 3.56. The smallest absolute Gasteiger partial charge is 0.416 e. The molecule has 2 atom stereocenters. The van der Waals surface area contributed by atoms with Gasteiger partial charge in [-0.2, -0.15) is 13.2 Å². The molecule has 134 valence electrons. The Morgan fingerprint density at radius 3 is 2.25 bits per heavy atom. The van der Waals surface area contributed by atoms with E-state index in [9.17, 15) is 22.8 Å². The third kappa shape index (κ3) is 6.60. The molecular weight excluding hydrogens is 323 g/mol. The normalized spacial score (nSPS) is 14.0. The number of halogens is 3. The number of carbonyl (C=O) groups excluding carboxylic acids is 1.